The maximum atomic E-state index is 5.71. The largest absolute Gasteiger partial charge is 0.490 e. The molecule has 0 spiro atoms. The molecule has 3 rings (SSSR count). The van der Waals surface area contributed by atoms with Crippen LogP contribution >= 0.6 is 24.0 Å². The molecular weight excluding hydrogens is 435 g/mol. The Labute approximate surface area is 164 Å². The van der Waals surface area contributed by atoms with Crippen LogP contribution in [0.4, 0.5) is 5.69 Å². The molecule has 0 aliphatic carbocycles. The van der Waals surface area contributed by atoms with Gasteiger partial charge in [-0.2, -0.15) is 0 Å². The highest BCUT2D eigenvalue weighted by Crippen LogP contribution is 2.32. The molecule has 1 aromatic carbocycles. The number of anilines is 1. The van der Waals surface area contributed by atoms with Gasteiger partial charge in [-0.3, -0.25) is 4.99 Å². The summed E-state index contributed by atoms with van der Waals surface area (Å²) in [5.74, 6) is 3.03. The van der Waals surface area contributed by atoms with Gasteiger partial charge in [0, 0.05) is 31.8 Å². The first-order chi connectivity index (χ1) is 11.8. The molecule has 2 aromatic rings. The second-order valence-electron chi connectivity index (χ2n) is 5.30. The number of halogens is 1. The van der Waals surface area contributed by atoms with Gasteiger partial charge in [0.1, 0.15) is 6.33 Å². The van der Waals surface area contributed by atoms with Crippen molar-refractivity contribution in [2.45, 2.75) is 26.4 Å². The lowest BCUT2D eigenvalue weighted by molar-refractivity contribution is 0.297. The number of aliphatic imine (C=N–C) groups is 1. The molecule has 0 saturated heterocycles. The van der Waals surface area contributed by atoms with Crippen LogP contribution in [-0.2, 0) is 13.1 Å². The van der Waals surface area contributed by atoms with E-state index in [0.29, 0.717) is 25.7 Å². The van der Waals surface area contributed by atoms with E-state index in [0.717, 1.165) is 36.0 Å². The molecular formula is C16H23IN6O2. The van der Waals surface area contributed by atoms with Gasteiger partial charge in [0.05, 0.1) is 19.8 Å². The van der Waals surface area contributed by atoms with Crippen LogP contribution in [0.5, 0.6) is 11.5 Å². The van der Waals surface area contributed by atoms with Crippen LogP contribution < -0.4 is 20.1 Å². The van der Waals surface area contributed by atoms with Crippen molar-refractivity contribution in [1.82, 2.24) is 20.1 Å². The summed E-state index contributed by atoms with van der Waals surface area (Å²) in [5, 5.41) is 14.5. The summed E-state index contributed by atoms with van der Waals surface area (Å²) in [4.78, 5) is 4.23. The van der Waals surface area contributed by atoms with Crippen molar-refractivity contribution >= 4 is 35.6 Å². The number of benzene rings is 1. The van der Waals surface area contributed by atoms with Crippen LogP contribution in [0.15, 0.2) is 29.5 Å². The highest BCUT2D eigenvalue weighted by Gasteiger charge is 2.11. The quantitative estimate of drug-likeness (QED) is 0.416. The Morgan fingerprint density at radius 1 is 1.28 bits per heavy atom. The van der Waals surface area contributed by atoms with Crippen molar-refractivity contribution in [2.75, 3.05) is 25.6 Å². The number of rotatable bonds is 4. The first-order valence-corrected chi connectivity index (χ1v) is 8.04. The number of guanidine groups is 1. The van der Waals surface area contributed by atoms with Gasteiger partial charge in [0.25, 0.3) is 0 Å². The number of hydrogen-bond donors (Lipinski definition) is 2. The number of aromatic nitrogens is 3. The summed E-state index contributed by atoms with van der Waals surface area (Å²) in [7, 11) is 1.73. The third kappa shape index (κ3) is 4.97. The SMILES string of the molecule is CCn1cnnc1CNC(=NC)Nc1ccc2c(c1)OCCCO2.I. The fourth-order valence-corrected chi connectivity index (χ4v) is 2.40. The van der Waals surface area contributed by atoms with Gasteiger partial charge in [-0.1, -0.05) is 0 Å². The zero-order valence-corrected chi connectivity index (χ0v) is 16.7. The summed E-state index contributed by atoms with van der Waals surface area (Å²) >= 11 is 0. The van der Waals surface area contributed by atoms with E-state index in [1.807, 2.05) is 22.8 Å². The van der Waals surface area contributed by atoms with Crippen LogP contribution in [0.2, 0.25) is 0 Å². The zero-order chi connectivity index (χ0) is 16.8. The molecule has 2 N–H and O–H groups in total. The maximum Gasteiger partial charge on any atom is 0.195 e. The minimum atomic E-state index is 0. The Morgan fingerprint density at radius 2 is 2.08 bits per heavy atom. The van der Waals surface area contributed by atoms with E-state index in [4.69, 9.17) is 9.47 Å². The number of ether oxygens (including phenoxy) is 2. The van der Waals surface area contributed by atoms with Crippen LogP contribution in [0.25, 0.3) is 0 Å². The standard InChI is InChI=1S/C16H22N6O2.HI/c1-3-22-11-19-21-15(22)10-18-16(17-2)20-12-5-6-13-14(9-12)24-8-4-7-23-13;/h5-6,9,11H,3-4,7-8,10H2,1-2H3,(H2,17,18,20);1H. The van der Waals surface area contributed by atoms with Crippen molar-refractivity contribution in [3.63, 3.8) is 0 Å². The Balaban J connectivity index is 0.00000225. The molecule has 1 aromatic heterocycles. The lowest BCUT2D eigenvalue weighted by Crippen LogP contribution is -2.31. The summed E-state index contributed by atoms with van der Waals surface area (Å²) in [6, 6.07) is 5.76. The van der Waals surface area contributed by atoms with Gasteiger partial charge < -0.3 is 24.7 Å². The van der Waals surface area contributed by atoms with Gasteiger partial charge in [0.15, 0.2) is 23.3 Å². The fourth-order valence-electron chi connectivity index (χ4n) is 2.40. The first-order valence-electron chi connectivity index (χ1n) is 8.04. The molecule has 8 nitrogen and oxygen atoms in total. The third-order valence-electron chi connectivity index (χ3n) is 3.68. The Kier molecular flexibility index (Phi) is 7.29. The monoisotopic (exact) mass is 458 g/mol. The van der Waals surface area contributed by atoms with Gasteiger partial charge in [0.2, 0.25) is 0 Å². The van der Waals surface area contributed by atoms with Crippen LogP contribution in [-0.4, -0.2) is 41.0 Å². The smallest absolute Gasteiger partial charge is 0.195 e. The predicted molar refractivity (Wildman–Crippen MR) is 107 cm³/mol. The van der Waals surface area contributed by atoms with Crippen molar-refractivity contribution < 1.29 is 9.47 Å². The van der Waals surface area contributed by atoms with Gasteiger partial charge >= 0.3 is 0 Å². The van der Waals surface area contributed by atoms with E-state index in [9.17, 15) is 0 Å². The molecule has 0 saturated carbocycles. The molecule has 1 aliphatic heterocycles. The van der Waals surface area contributed by atoms with Crippen molar-refractivity contribution in [3.05, 3.63) is 30.4 Å². The van der Waals surface area contributed by atoms with Crippen molar-refractivity contribution in [3.8, 4) is 11.5 Å². The third-order valence-corrected chi connectivity index (χ3v) is 3.68. The summed E-state index contributed by atoms with van der Waals surface area (Å²) in [6.45, 7) is 4.77. The molecule has 0 amide bonds. The van der Waals surface area contributed by atoms with Crippen molar-refractivity contribution in [2.24, 2.45) is 4.99 Å². The molecule has 0 bridgehead atoms. The predicted octanol–water partition coefficient (Wildman–Crippen LogP) is 2.26. The van der Waals surface area contributed by atoms with Crippen LogP contribution in [0, 0.1) is 0 Å². The highest BCUT2D eigenvalue weighted by atomic mass is 127. The first kappa shape index (κ1) is 19.3. The molecule has 9 heteroatoms. The minimum absolute atomic E-state index is 0. The molecule has 1 aliphatic rings. The summed E-state index contributed by atoms with van der Waals surface area (Å²) < 4.78 is 13.3. The van der Waals surface area contributed by atoms with Crippen molar-refractivity contribution in [1.29, 1.82) is 0 Å². The number of aryl methyl sites for hydroxylation is 1. The maximum absolute atomic E-state index is 5.71. The topological polar surface area (TPSA) is 85.6 Å². The summed E-state index contributed by atoms with van der Waals surface area (Å²) in [6.07, 6.45) is 2.61. The molecule has 0 atom stereocenters. The average Bonchev–Trinajstić information content (AvgIpc) is 2.94. The lowest BCUT2D eigenvalue weighted by Gasteiger charge is -2.14. The van der Waals surface area contributed by atoms with Gasteiger partial charge in [-0.05, 0) is 19.1 Å². The van der Waals surface area contributed by atoms with E-state index >= 15 is 0 Å². The van der Waals surface area contributed by atoms with E-state index in [-0.39, 0.29) is 24.0 Å². The van der Waals surface area contributed by atoms with E-state index in [1.54, 1.807) is 13.4 Å². The molecule has 2 heterocycles. The van der Waals surface area contributed by atoms with E-state index < -0.39 is 0 Å². The molecule has 0 fully saturated rings. The minimum Gasteiger partial charge on any atom is -0.490 e. The van der Waals surface area contributed by atoms with Crippen LogP contribution in [0.1, 0.15) is 19.2 Å². The fraction of sp³-hybridized carbons (Fsp3) is 0.438. The molecule has 136 valence electrons. The number of nitrogens with zero attached hydrogens (tertiary/aromatic N) is 4. The van der Waals surface area contributed by atoms with E-state index in [2.05, 4.69) is 32.7 Å². The normalized spacial score (nSPS) is 13.6. The zero-order valence-electron chi connectivity index (χ0n) is 14.4. The molecule has 25 heavy (non-hydrogen) atoms. The highest BCUT2D eigenvalue weighted by molar-refractivity contribution is 14.0. The number of hydrogen-bond acceptors (Lipinski definition) is 5. The molecule has 0 radical (unpaired) electrons. The average molecular weight is 458 g/mol. The van der Waals surface area contributed by atoms with E-state index in [1.165, 1.54) is 0 Å². The lowest BCUT2D eigenvalue weighted by atomic mass is 10.3. The van der Waals surface area contributed by atoms with Crippen LogP contribution in [0.3, 0.4) is 0 Å². The number of nitrogens with one attached hydrogen (secondary N) is 2. The molecule has 0 unspecified atom stereocenters. The Hall–Kier alpha value is -2.04. The van der Waals surface area contributed by atoms with Gasteiger partial charge in [-0.25, -0.2) is 0 Å². The summed E-state index contributed by atoms with van der Waals surface area (Å²) in [5.41, 5.74) is 0.879. The Bertz CT molecular complexity index is 718. The second kappa shape index (κ2) is 9.44. The number of fused-ring (bicyclic) bond motifs is 1. The van der Waals surface area contributed by atoms with Gasteiger partial charge in [-0.15, -0.1) is 34.2 Å². The Morgan fingerprint density at radius 3 is 2.84 bits per heavy atom. The second-order valence-corrected chi connectivity index (χ2v) is 5.30.